The molecule has 700 valence electrons. The van der Waals surface area contributed by atoms with E-state index in [9.17, 15) is 86.4 Å². The molecule has 136 heavy (non-hydrogen) atoms. The van der Waals surface area contributed by atoms with Crippen LogP contribution in [0.1, 0.15) is 221 Å². The number of esters is 2. The molecule has 3 aliphatic heterocycles. The minimum atomic E-state index is -3.88. The average molecular weight is 1870 g/mol. The van der Waals surface area contributed by atoms with Gasteiger partial charge < -0.3 is 83.8 Å². The summed E-state index contributed by atoms with van der Waals surface area (Å²) in [6, 6.07) is 33.7. The molecule has 9 N–H and O–H groups in total. The number of ether oxygens (including phenoxy) is 6. The number of amides is 1. The lowest BCUT2D eigenvalue weighted by atomic mass is 9.62. The maximum Gasteiger partial charge on any atom is 0.347 e. The van der Waals surface area contributed by atoms with E-state index in [-0.39, 0.29) is 138 Å². The summed E-state index contributed by atoms with van der Waals surface area (Å²) in [5.41, 5.74) is 12.1. The number of ketones is 5. The van der Waals surface area contributed by atoms with Crippen molar-refractivity contribution in [2.45, 2.75) is 119 Å². The number of aryl methyl sites for hydroxylation is 3. The predicted molar refractivity (Wildman–Crippen MR) is 494 cm³/mol. The molecule has 8 aliphatic rings. The first-order chi connectivity index (χ1) is 64.5. The number of nitrogen functional groups attached to an aromatic ring is 1. The highest BCUT2D eigenvalue weighted by molar-refractivity contribution is 7.96. The molecule has 0 spiro atoms. The van der Waals surface area contributed by atoms with E-state index in [1.54, 1.807) is 122 Å². The number of rotatable bonds is 13. The van der Waals surface area contributed by atoms with Gasteiger partial charge in [-0.3, -0.25) is 42.9 Å². The molecule has 0 radical (unpaired) electrons. The fraction of sp³-hybridized carbons (Fsp3) is 0.248. The first kappa shape index (κ1) is 96.1. The number of nitrogens with two attached hydrogens (primary N) is 1. The van der Waals surface area contributed by atoms with Gasteiger partial charge in [0.05, 0.1) is 79.8 Å². The SMILES string of the molecule is CN1C(=O)c2ccccc2-n2c(nc3ccccc3c2=O)C1[C@H](O)c1ccccc1.COC1=CC(=O)c2oc(C)c(CO)c2C1=O.COc1c(C)c(C)cc(OC(=O)c2c(C)c(C)c(OC(=O)c3c(C)cc(O)c(C)c3OC)c(C)c2OC)c1C.C[C@@]12CCCCC1=C(O)C(=O)c1cc3c(cc12)C(=O)C1=C(C3=O)S(=O)(=O)CCN1.Nc1c(C(=O)O)c2nc3c(C(=O)O)cccc3oc-2cc1=O. The molecule has 0 saturated heterocycles. The van der Waals surface area contributed by atoms with Gasteiger partial charge in [-0.2, -0.15) is 0 Å². The van der Waals surface area contributed by atoms with Gasteiger partial charge in [-0.25, -0.2) is 37.6 Å². The van der Waals surface area contributed by atoms with Gasteiger partial charge in [0.15, 0.2) is 38.5 Å². The number of likely N-dealkylation sites (N-methyl/N-ethyl adjacent to an activating group) is 1. The maximum absolute atomic E-state index is 13.5. The summed E-state index contributed by atoms with van der Waals surface area (Å²) in [7, 11) is 3.51. The smallest absolute Gasteiger partial charge is 0.347 e. The topological polar surface area (TPSA) is 514 Å². The second kappa shape index (κ2) is 37.6. The first-order valence-corrected chi connectivity index (χ1v) is 44.1. The molecule has 5 aliphatic carbocycles. The number of hydrogen-bond donors (Lipinski definition) is 8. The molecular formula is C101H92N6O28S. The van der Waals surface area contributed by atoms with Crippen molar-refractivity contribution in [3.05, 3.63) is 310 Å². The van der Waals surface area contributed by atoms with E-state index in [2.05, 4.69) is 10.3 Å². The number of fused-ring (bicyclic) bond motifs is 11. The zero-order chi connectivity index (χ0) is 98.8. The number of benzene rings is 9. The average Bonchev–Trinajstić information content (AvgIpc) is 0.892. The Morgan fingerprint density at radius 3 is 1.96 bits per heavy atom. The van der Waals surface area contributed by atoms with E-state index in [1.165, 1.54) is 61.1 Å². The van der Waals surface area contributed by atoms with Gasteiger partial charge in [0.2, 0.25) is 34.3 Å². The number of sulfone groups is 1. The van der Waals surface area contributed by atoms with Crippen molar-refractivity contribution < 1.29 is 124 Å². The molecule has 1 fully saturated rings. The van der Waals surface area contributed by atoms with Crippen LogP contribution in [0.2, 0.25) is 0 Å². The minimum absolute atomic E-state index is 0.0188. The molecular weight excluding hydrogens is 1780 g/mol. The number of allylic oxidation sites excluding steroid dienone is 6. The lowest BCUT2D eigenvalue weighted by Gasteiger charge is -2.41. The van der Waals surface area contributed by atoms with Crippen molar-refractivity contribution in [1.82, 2.24) is 24.8 Å². The standard InChI is InChI=1S/C31H36O8.C24H19N3O3.C21H19NO6S.C14H8N2O6.C11H10O5/c1-14-13-23(20(7)26(35-9)16(14)3)38-31(34)25-17(4)18(5)27(21(8)29(25)37-11)39-30(33)24-15(2)12-22(32)19(6)28(24)36-10;1-26-20(21(28)15-9-3-2-4-10-15)22-25-18-13-7-5-11-16(18)24(30)27(22)19-14-8-6-12-17(19)23(26)29;1-21-5-3-2-4-13(21)19(26)17(24)12-8-10-11(9-14(12)21)16(23)15-20(18(10)25)29(27,28)7-6-22-15;15-10-6(17)4-8-12(9(10)14(20)21)16-11-5(13(18)19)2-1-3-7(11)22-8;1-5-6(4-12)9-10(14)8(15-2)3-7(13)11(9)16-5/h12-13,32H,1-11H3;2-14,20-21,28H,1H3;8-9,22,26H,2-7H2,1H3;1-4H,15H2,(H,18,19)(H,20,21);3,12H,4H2,1-2H3/t;20?,21-;21-;;/m.11../s1. The van der Waals surface area contributed by atoms with Crippen molar-refractivity contribution in [1.29, 1.82) is 0 Å². The summed E-state index contributed by atoms with van der Waals surface area (Å²) in [4.78, 5) is 160. The molecule has 34 nitrogen and oxygen atoms in total. The van der Waals surface area contributed by atoms with Gasteiger partial charge in [-0.15, -0.1) is 0 Å². The quantitative estimate of drug-likeness (QED) is 0.0230. The summed E-state index contributed by atoms with van der Waals surface area (Å²) in [6.45, 7) is 17.5. The number of aromatic nitrogens is 3. The van der Waals surface area contributed by atoms with Gasteiger partial charge >= 0.3 is 23.9 Å². The number of carbonyl (C=O) groups excluding carboxylic acids is 8. The second-order valence-corrected chi connectivity index (χ2v) is 35.2. The molecule has 1 amide bonds. The highest BCUT2D eigenvalue weighted by atomic mass is 32.2. The highest BCUT2D eigenvalue weighted by Gasteiger charge is 2.49. The molecule has 18 rings (SSSR count). The van der Waals surface area contributed by atoms with Crippen LogP contribution in [0.25, 0.3) is 39.1 Å². The van der Waals surface area contributed by atoms with Gasteiger partial charge in [-0.1, -0.05) is 74.0 Å². The zero-order valence-corrected chi connectivity index (χ0v) is 77.1. The Morgan fingerprint density at radius 1 is 0.632 bits per heavy atom. The molecule has 0 bridgehead atoms. The van der Waals surface area contributed by atoms with Gasteiger partial charge in [0.25, 0.3) is 11.5 Å². The fourth-order valence-electron chi connectivity index (χ4n) is 17.9. The molecule has 10 aromatic rings. The van der Waals surface area contributed by atoms with Crippen molar-refractivity contribution in [3.63, 3.8) is 0 Å². The van der Waals surface area contributed by atoms with Crippen LogP contribution in [0.4, 0.5) is 5.69 Å². The third-order valence-corrected chi connectivity index (χ3v) is 27.0. The van der Waals surface area contributed by atoms with E-state index in [1.807, 2.05) is 52.0 Å². The Kier molecular flexibility index (Phi) is 26.5. The number of phenolic OH excluding ortho intramolecular Hbond substituents is 1. The largest absolute Gasteiger partial charge is 0.508 e. The lowest BCUT2D eigenvalue weighted by Crippen LogP contribution is -2.42. The van der Waals surface area contributed by atoms with Crippen LogP contribution in [-0.4, -0.2) is 165 Å². The molecule has 5 heterocycles. The number of nitrogens with zero attached hydrogens (tertiary/aromatic N) is 4. The number of hydrogen-bond acceptors (Lipinski definition) is 30. The number of methoxy groups -OCH3 is 4. The predicted octanol–water partition coefficient (Wildman–Crippen LogP) is 14.0. The number of anilines is 1. The molecule has 3 atom stereocenters. The van der Waals surface area contributed by atoms with Gasteiger partial charge in [0.1, 0.15) is 96.7 Å². The van der Waals surface area contributed by atoms with E-state index in [0.29, 0.717) is 114 Å². The van der Waals surface area contributed by atoms with Crippen LogP contribution in [0, 0.1) is 62.3 Å². The molecule has 1 saturated carbocycles. The Morgan fingerprint density at radius 2 is 1.29 bits per heavy atom. The number of carboxylic acid groups (broad SMARTS) is 2. The van der Waals surface area contributed by atoms with Crippen molar-refractivity contribution in [2.24, 2.45) is 0 Å². The number of Topliss-reactive ketones (excluding diaryl/α,β-unsaturated/α-hetero) is 4. The van der Waals surface area contributed by atoms with Crippen LogP contribution < -0.4 is 45.7 Å². The first-order valence-electron chi connectivity index (χ1n) is 42.5. The van der Waals surface area contributed by atoms with Crippen molar-refractivity contribution >= 4 is 96.2 Å². The molecule has 1 unspecified atom stereocenters. The van der Waals surface area contributed by atoms with Crippen molar-refractivity contribution in [3.8, 4) is 51.6 Å². The summed E-state index contributed by atoms with van der Waals surface area (Å²) < 4.78 is 70.1. The Labute approximate surface area is 775 Å². The summed E-state index contributed by atoms with van der Waals surface area (Å²) in [5, 5.41) is 62.8. The van der Waals surface area contributed by atoms with Crippen LogP contribution in [-0.2, 0) is 26.6 Å². The van der Waals surface area contributed by atoms with E-state index >= 15 is 0 Å². The minimum Gasteiger partial charge on any atom is -0.508 e. The van der Waals surface area contributed by atoms with E-state index in [4.69, 9.17) is 58.2 Å². The monoisotopic (exact) mass is 1870 g/mol. The normalized spacial score (nSPS) is 16.2. The Balaban J connectivity index is 0.000000139. The zero-order valence-electron chi connectivity index (χ0n) is 76.2. The summed E-state index contributed by atoms with van der Waals surface area (Å²) >= 11 is 0. The number of aliphatic hydroxyl groups excluding tert-OH is 3. The van der Waals surface area contributed by atoms with Crippen LogP contribution in [0.15, 0.2) is 180 Å². The Bertz CT molecular complexity index is 7520. The van der Waals surface area contributed by atoms with Gasteiger partial charge in [0, 0.05) is 70.1 Å². The highest BCUT2D eigenvalue weighted by Crippen LogP contribution is 2.51. The number of aromatic hydroxyl groups is 1. The second-order valence-electron chi connectivity index (χ2n) is 33.1. The third kappa shape index (κ3) is 16.7. The van der Waals surface area contributed by atoms with Crippen LogP contribution in [0.3, 0.4) is 0 Å². The molecule has 8 aromatic carbocycles. The van der Waals surface area contributed by atoms with Crippen LogP contribution in [0.5, 0.6) is 34.5 Å². The van der Waals surface area contributed by atoms with Crippen molar-refractivity contribution in [2.75, 3.05) is 53.5 Å². The van der Waals surface area contributed by atoms with Crippen LogP contribution >= 0.6 is 0 Å². The number of aromatic carboxylic acids is 2. The summed E-state index contributed by atoms with van der Waals surface area (Å²) in [6.07, 6.45) is 3.14. The Hall–Kier alpha value is -16.0. The number of nitrogens with one attached hydrogen (secondary N) is 1. The number of furan rings is 1. The fourth-order valence-corrected chi connectivity index (χ4v) is 19.4. The van der Waals surface area contributed by atoms with E-state index in [0.717, 1.165) is 36.1 Å². The molecule has 2 aromatic heterocycles. The van der Waals surface area contributed by atoms with Gasteiger partial charge in [-0.05, 0) is 187 Å². The number of phenols is 1. The molecule has 35 heteroatoms. The maximum atomic E-state index is 13.5. The summed E-state index contributed by atoms with van der Waals surface area (Å²) in [5.74, 6) is -5.17. The number of carbonyl (C=O) groups is 10. The number of para-hydroxylation sites is 3. The third-order valence-electron chi connectivity index (χ3n) is 25.2. The lowest BCUT2D eigenvalue weighted by molar-refractivity contribution is 0.0413. The number of aliphatic hydroxyl groups is 3. The number of carboxylic acids is 2. The van der Waals surface area contributed by atoms with E-state index < -0.39 is 102 Å².